The van der Waals surface area contributed by atoms with Crippen molar-refractivity contribution in [2.24, 2.45) is 4.99 Å². The summed E-state index contributed by atoms with van der Waals surface area (Å²) < 4.78 is 0. The number of hydrogen-bond donors (Lipinski definition) is 2. The fourth-order valence-electron chi connectivity index (χ4n) is 1.87. The highest BCUT2D eigenvalue weighted by Crippen LogP contribution is 2.22. The van der Waals surface area contributed by atoms with Crippen molar-refractivity contribution in [2.75, 3.05) is 19.8 Å². The fraction of sp³-hybridized carbons (Fsp3) is 0.750. The molecule has 1 spiro atoms. The van der Waals surface area contributed by atoms with E-state index < -0.39 is 6.09 Å². The van der Waals surface area contributed by atoms with Gasteiger partial charge >= 0.3 is 6.09 Å². The molecule has 1 amide bonds. The Morgan fingerprint density at radius 1 is 1.54 bits per heavy atom. The van der Waals surface area contributed by atoms with Gasteiger partial charge in [-0.1, -0.05) is 0 Å². The van der Waals surface area contributed by atoms with Gasteiger partial charge < -0.3 is 10.0 Å². The first kappa shape index (κ1) is 8.50. The van der Waals surface area contributed by atoms with E-state index >= 15 is 0 Å². The SMILES string of the molecule is O=C(O)N1CCC2(C=NCN2)CC1. The molecule has 72 valence electrons. The normalized spacial score (nSPS) is 25.4. The van der Waals surface area contributed by atoms with Crippen LogP contribution in [-0.2, 0) is 0 Å². The zero-order chi connectivity index (χ0) is 9.31. The molecule has 1 saturated heterocycles. The third-order valence-electron chi connectivity index (χ3n) is 2.79. The van der Waals surface area contributed by atoms with Gasteiger partial charge in [-0.2, -0.15) is 0 Å². The fourth-order valence-corrected chi connectivity index (χ4v) is 1.87. The lowest BCUT2D eigenvalue weighted by Gasteiger charge is -2.36. The minimum Gasteiger partial charge on any atom is -0.465 e. The number of hydrogen-bond acceptors (Lipinski definition) is 3. The van der Waals surface area contributed by atoms with Gasteiger partial charge in [-0.05, 0) is 12.8 Å². The van der Waals surface area contributed by atoms with Gasteiger partial charge in [-0.3, -0.25) is 10.3 Å². The lowest BCUT2D eigenvalue weighted by Crippen LogP contribution is -2.52. The van der Waals surface area contributed by atoms with E-state index in [1.54, 1.807) is 0 Å². The van der Waals surface area contributed by atoms with Crippen molar-refractivity contribution in [3.63, 3.8) is 0 Å². The second-order valence-electron chi connectivity index (χ2n) is 3.57. The molecular weight excluding hydrogens is 170 g/mol. The van der Waals surface area contributed by atoms with Crippen molar-refractivity contribution >= 4 is 12.3 Å². The number of likely N-dealkylation sites (tertiary alicyclic amines) is 1. The predicted octanol–water partition coefficient (Wildman–Crippen LogP) is 0.130. The Morgan fingerprint density at radius 3 is 2.69 bits per heavy atom. The summed E-state index contributed by atoms with van der Waals surface area (Å²) in [6, 6.07) is 0. The number of aliphatic imine (C=N–C) groups is 1. The predicted molar refractivity (Wildman–Crippen MR) is 48.1 cm³/mol. The van der Waals surface area contributed by atoms with Gasteiger partial charge in [0.05, 0.1) is 12.2 Å². The van der Waals surface area contributed by atoms with Crippen LogP contribution in [0.2, 0.25) is 0 Å². The molecule has 0 bridgehead atoms. The molecule has 0 aromatic carbocycles. The Labute approximate surface area is 76.4 Å². The van der Waals surface area contributed by atoms with Gasteiger partial charge in [0.15, 0.2) is 0 Å². The van der Waals surface area contributed by atoms with Crippen LogP contribution in [0.4, 0.5) is 4.79 Å². The van der Waals surface area contributed by atoms with Crippen LogP contribution >= 0.6 is 0 Å². The number of nitrogens with one attached hydrogen (secondary N) is 1. The zero-order valence-corrected chi connectivity index (χ0v) is 7.36. The van der Waals surface area contributed by atoms with Gasteiger partial charge in [0, 0.05) is 19.3 Å². The number of amides is 1. The molecule has 0 atom stereocenters. The molecule has 0 unspecified atom stereocenters. The number of carbonyl (C=O) groups is 1. The lowest BCUT2D eigenvalue weighted by molar-refractivity contribution is 0.124. The molecule has 0 aromatic heterocycles. The first-order valence-electron chi connectivity index (χ1n) is 4.46. The van der Waals surface area contributed by atoms with Crippen molar-refractivity contribution in [3.05, 3.63) is 0 Å². The summed E-state index contributed by atoms with van der Waals surface area (Å²) in [5.41, 5.74) is -0.00799. The highest BCUT2D eigenvalue weighted by Gasteiger charge is 2.35. The van der Waals surface area contributed by atoms with Gasteiger partial charge in [-0.15, -0.1) is 0 Å². The number of carboxylic acid groups (broad SMARTS) is 1. The molecule has 0 aliphatic carbocycles. The Hall–Kier alpha value is -1.10. The van der Waals surface area contributed by atoms with Crippen molar-refractivity contribution in [2.45, 2.75) is 18.4 Å². The summed E-state index contributed by atoms with van der Waals surface area (Å²) in [6.45, 7) is 1.88. The molecule has 2 aliphatic rings. The van der Waals surface area contributed by atoms with Gasteiger partial charge in [0.25, 0.3) is 0 Å². The molecule has 1 fully saturated rings. The van der Waals surface area contributed by atoms with Gasteiger partial charge in [0.1, 0.15) is 0 Å². The summed E-state index contributed by atoms with van der Waals surface area (Å²) in [6.07, 6.45) is 2.79. The zero-order valence-electron chi connectivity index (χ0n) is 7.36. The number of piperidine rings is 1. The Balaban J connectivity index is 1.96. The standard InChI is InChI=1S/C8H13N3O2/c12-7(13)11-3-1-8(2-4-11)5-9-6-10-8/h5,10H,1-4,6H2,(H,12,13). The van der Waals surface area contributed by atoms with Crippen LogP contribution in [0.5, 0.6) is 0 Å². The molecule has 5 nitrogen and oxygen atoms in total. The number of nitrogens with zero attached hydrogens (tertiary/aromatic N) is 2. The van der Waals surface area contributed by atoms with Gasteiger partial charge in [-0.25, -0.2) is 4.79 Å². The average molecular weight is 183 g/mol. The summed E-state index contributed by atoms with van der Waals surface area (Å²) in [5, 5.41) is 12.0. The largest absolute Gasteiger partial charge is 0.465 e. The monoisotopic (exact) mass is 183 g/mol. The maximum absolute atomic E-state index is 10.6. The highest BCUT2D eigenvalue weighted by atomic mass is 16.4. The van der Waals surface area contributed by atoms with E-state index in [-0.39, 0.29) is 5.54 Å². The molecular formula is C8H13N3O2. The van der Waals surface area contributed by atoms with E-state index in [1.165, 1.54) is 4.90 Å². The summed E-state index contributed by atoms with van der Waals surface area (Å²) in [4.78, 5) is 16.2. The van der Waals surface area contributed by atoms with Gasteiger partial charge in [0.2, 0.25) is 0 Å². The summed E-state index contributed by atoms with van der Waals surface area (Å²) in [5.74, 6) is 0. The van der Waals surface area contributed by atoms with Crippen LogP contribution in [-0.4, -0.2) is 47.6 Å². The Morgan fingerprint density at radius 2 is 2.23 bits per heavy atom. The molecule has 5 heteroatoms. The van der Waals surface area contributed by atoms with E-state index in [9.17, 15) is 4.79 Å². The quantitative estimate of drug-likeness (QED) is 0.561. The average Bonchev–Trinajstić information content (AvgIpc) is 2.54. The van der Waals surface area contributed by atoms with Crippen LogP contribution in [0.1, 0.15) is 12.8 Å². The highest BCUT2D eigenvalue weighted by molar-refractivity contribution is 5.73. The summed E-state index contributed by atoms with van der Waals surface area (Å²) in [7, 11) is 0. The smallest absolute Gasteiger partial charge is 0.407 e. The van der Waals surface area contributed by atoms with Crippen LogP contribution in [0.3, 0.4) is 0 Å². The van der Waals surface area contributed by atoms with E-state index in [1.807, 2.05) is 6.21 Å². The summed E-state index contributed by atoms with van der Waals surface area (Å²) >= 11 is 0. The molecule has 0 radical (unpaired) electrons. The van der Waals surface area contributed by atoms with Crippen LogP contribution in [0, 0.1) is 0 Å². The van der Waals surface area contributed by atoms with Crippen molar-refractivity contribution in [1.82, 2.24) is 10.2 Å². The maximum Gasteiger partial charge on any atom is 0.407 e. The minimum atomic E-state index is -0.815. The number of rotatable bonds is 0. The van der Waals surface area contributed by atoms with E-state index in [0.717, 1.165) is 12.8 Å². The molecule has 2 heterocycles. The first-order valence-corrected chi connectivity index (χ1v) is 4.46. The first-order chi connectivity index (χ1) is 6.22. The molecule has 2 N–H and O–H groups in total. The molecule has 2 aliphatic heterocycles. The second-order valence-corrected chi connectivity index (χ2v) is 3.57. The second kappa shape index (κ2) is 2.99. The van der Waals surface area contributed by atoms with Crippen LogP contribution in [0.25, 0.3) is 0 Å². The van der Waals surface area contributed by atoms with E-state index in [4.69, 9.17) is 5.11 Å². The lowest BCUT2D eigenvalue weighted by atomic mass is 9.90. The maximum atomic E-state index is 10.6. The molecule has 0 aromatic rings. The Kier molecular flexibility index (Phi) is 1.95. The van der Waals surface area contributed by atoms with E-state index in [2.05, 4.69) is 10.3 Å². The van der Waals surface area contributed by atoms with Crippen LogP contribution in [0.15, 0.2) is 4.99 Å². The Bertz CT molecular complexity index is 244. The van der Waals surface area contributed by atoms with Crippen molar-refractivity contribution < 1.29 is 9.90 Å². The topological polar surface area (TPSA) is 64.9 Å². The van der Waals surface area contributed by atoms with Crippen molar-refractivity contribution in [1.29, 1.82) is 0 Å². The third-order valence-corrected chi connectivity index (χ3v) is 2.79. The third kappa shape index (κ3) is 1.51. The molecule has 13 heavy (non-hydrogen) atoms. The van der Waals surface area contributed by atoms with Crippen molar-refractivity contribution in [3.8, 4) is 0 Å². The molecule has 0 saturated carbocycles. The molecule has 2 rings (SSSR count). The van der Waals surface area contributed by atoms with Crippen LogP contribution < -0.4 is 5.32 Å². The minimum absolute atomic E-state index is 0.00799. The van der Waals surface area contributed by atoms with E-state index in [0.29, 0.717) is 19.8 Å².